The normalized spacial score (nSPS) is 10.4. The fraction of sp³-hybridized carbons (Fsp3) is 0.172. The second-order valence-electron chi connectivity index (χ2n) is 8.49. The number of carbonyl (C=O) groups excluding carboxylic acids is 1. The Kier molecular flexibility index (Phi) is 8.43. The van der Waals surface area contributed by atoms with Gasteiger partial charge in [0.1, 0.15) is 17.2 Å². The number of aromatic nitrogens is 2. The predicted molar refractivity (Wildman–Crippen MR) is 150 cm³/mol. The molecule has 4 rings (SSSR count). The van der Waals surface area contributed by atoms with Crippen LogP contribution in [-0.4, -0.2) is 33.9 Å². The molecule has 0 bridgehead atoms. The molecule has 0 atom stereocenters. The lowest BCUT2D eigenvalue weighted by atomic mass is 10.1. The average Bonchev–Trinajstić information content (AvgIpc) is 2.95. The Morgan fingerprint density at radius 2 is 1.74 bits per heavy atom. The number of benzene rings is 3. The Morgan fingerprint density at radius 1 is 0.974 bits per heavy atom. The molecule has 4 aromatic rings. The van der Waals surface area contributed by atoms with Crippen molar-refractivity contribution in [1.82, 2.24) is 14.9 Å². The molecule has 0 saturated carbocycles. The van der Waals surface area contributed by atoms with Gasteiger partial charge in [0.2, 0.25) is 0 Å². The number of nitrogens with two attached hydrogens (primary N) is 2. The van der Waals surface area contributed by atoms with Gasteiger partial charge in [0.25, 0.3) is 11.8 Å². The number of ether oxygens (including phenoxy) is 2. The number of amides is 1. The number of nitrogens with zero attached hydrogens (tertiary/aromatic N) is 4. The lowest BCUT2D eigenvalue weighted by molar-refractivity contribution is 0.0770. The SMILES string of the molecule is CCN(CC)C(=O)c1ccc(C#N)cc1Oc1nc(NCc2ccccc2)c(N)c(Oc2cccc(N)c2)n1. The van der Waals surface area contributed by atoms with Crippen LogP contribution in [0.5, 0.6) is 23.4 Å². The van der Waals surface area contributed by atoms with Crippen LogP contribution in [0.4, 0.5) is 17.2 Å². The van der Waals surface area contributed by atoms with E-state index in [1.807, 2.05) is 44.2 Å². The highest BCUT2D eigenvalue weighted by molar-refractivity contribution is 5.97. The van der Waals surface area contributed by atoms with Crippen molar-refractivity contribution in [3.8, 4) is 29.5 Å². The molecule has 0 saturated heterocycles. The van der Waals surface area contributed by atoms with Crippen molar-refractivity contribution in [2.75, 3.05) is 29.9 Å². The Bertz CT molecular complexity index is 1500. The lowest BCUT2D eigenvalue weighted by Crippen LogP contribution is -2.30. The lowest BCUT2D eigenvalue weighted by Gasteiger charge is -2.20. The van der Waals surface area contributed by atoms with Crippen LogP contribution < -0.4 is 26.3 Å². The van der Waals surface area contributed by atoms with E-state index < -0.39 is 0 Å². The van der Waals surface area contributed by atoms with Gasteiger partial charge in [-0.25, -0.2) is 0 Å². The first-order chi connectivity index (χ1) is 18.9. The quantitative estimate of drug-likeness (QED) is 0.238. The van der Waals surface area contributed by atoms with E-state index >= 15 is 0 Å². The summed E-state index contributed by atoms with van der Waals surface area (Å²) in [5.74, 6) is 0.627. The molecule has 1 amide bonds. The van der Waals surface area contributed by atoms with Crippen LogP contribution in [0.2, 0.25) is 0 Å². The molecule has 10 nitrogen and oxygen atoms in total. The van der Waals surface area contributed by atoms with Crippen molar-refractivity contribution in [2.45, 2.75) is 20.4 Å². The van der Waals surface area contributed by atoms with Crippen LogP contribution in [0.25, 0.3) is 0 Å². The highest BCUT2D eigenvalue weighted by atomic mass is 16.5. The molecule has 0 aliphatic heterocycles. The number of nitrogen functional groups attached to an aromatic ring is 2. The maximum atomic E-state index is 13.2. The van der Waals surface area contributed by atoms with Gasteiger partial charge in [-0.3, -0.25) is 4.79 Å². The topological polar surface area (TPSA) is 152 Å². The number of nitrogens with one attached hydrogen (secondary N) is 1. The fourth-order valence-electron chi connectivity index (χ4n) is 3.79. The molecule has 0 radical (unpaired) electrons. The number of rotatable bonds is 10. The monoisotopic (exact) mass is 523 g/mol. The third-order valence-corrected chi connectivity index (χ3v) is 5.86. The summed E-state index contributed by atoms with van der Waals surface area (Å²) in [5, 5.41) is 12.7. The molecule has 39 heavy (non-hydrogen) atoms. The summed E-state index contributed by atoms with van der Waals surface area (Å²) in [6.45, 7) is 5.23. The molecule has 0 aliphatic carbocycles. The Balaban J connectivity index is 1.75. The molecule has 1 aromatic heterocycles. The molecule has 0 unspecified atom stereocenters. The number of hydrogen-bond donors (Lipinski definition) is 3. The molecular weight excluding hydrogens is 494 g/mol. The molecule has 0 aliphatic rings. The van der Waals surface area contributed by atoms with Crippen LogP contribution >= 0.6 is 0 Å². The highest BCUT2D eigenvalue weighted by Gasteiger charge is 2.21. The van der Waals surface area contributed by atoms with Gasteiger partial charge in [-0.15, -0.1) is 0 Å². The number of carbonyl (C=O) groups is 1. The van der Waals surface area contributed by atoms with Crippen molar-refractivity contribution < 1.29 is 14.3 Å². The maximum Gasteiger partial charge on any atom is 0.327 e. The number of nitriles is 1. The minimum atomic E-state index is -0.242. The fourth-order valence-corrected chi connectivity index (χ4v) is 3.79. The van der Waals surface area contributed by atoms with Gasteiger partial charge in [-0.2, -0.15) is 15.2 Å². The van der Waals surface area contributed by atoms with Crippen molar-refractivity contribution in [3.05, 3.63) is 89.5 Å². The second kappa shape index (κ2) is 12.3. The summed E-state index contributed by atoms with van der Waals surface area (Å²) in [5.41, 5.74) is 14.6. The van der Waals surface area contributed by atoms with Gasteiger partial charge in [-0.05, 0) is 49.7 Å². The third kappa shape index (κ3) is 6.53. The standard InChI is InChI=1S/C29H29N7O3/c1-3-36(4-2)28(37)23-14-13-20(17-30)15-24(23)39-29-34-26(33-18-19-9-6-5-7-10-19)25(32)27(35-29)38-22-12-8-11-21(31)16-22/h5-16H,3-4,18,31-32H2,1-2H3,(H,33,34,35). The summed E-state index contributed by atoms with van der Waals surface area (Å²) in [6, 6.07) is 23.1. The van der Waals surface area contributed by atoms with Crippen molar-refractivity contribution >= 4 is 23.1 Å². The van der Waals surface area contributed by atoms with Crippen LogP contribution in [0.3, 0.4) is 0 Å². The third-order valence-electron chi connectivity index (χ3n) is 5.86. The van der Waals surface area contributed by atoms with E-state index in [0.29, 0.717) is 36.6 Å². The van der Waals surface area contributed by atoms with Crippen molar-refractivity contribution in [1.29, 1.82) is 5.26 Å². The first-order valence-electron chi connectivity index (χ1n) is 12.4. The summed E-state index contributed by atoms with van der Waals surface area (Å²) >= 11 is 0. The molecule has 0 fully saturated rings. The van der Waals surface area contributed by atoms with Gasteiger partial charge < -0.3 is 31.2 Å². The minimum Gasteiger partial charge on any atom is -0.437 e. The zero-order valence-corrected chi connectivity index (χ0v) is 21.7. The molecule has 3 aromatic carbocycles. The van der Waals surface area contributed by atoms with Crippen LogP contribution in [0.15, 0.2) is 72.8 Å². The maximum absolute atomic E-state index is 13.2. The van der Waals surface area contributed by atoms with Gasteiger partial charge in [0.15, 0.2) is 5.82 Å². The molecule has 0 spiro atoms. The molecule has 198 valence electrons. The predicted octanol–water partition coefficient (Wildman–Crippen LogP) is 5.19. The molecule has 10 heteroatoms. The van der Waals surface area contributed by atoms with Crippen LogP contribution in [0, 0.1) is 11.3 Å². The van der Waals surface area contributed by atoms with E-state index in [4.69, 9.17) is 20.9 Å². The summed E-state index contributed by atoms with van der Waals surface area (Å²) < 4.78 is 12.0. The summed E-state index contributed by atoms with van der Waals surface area (Å²) in [4.78, 5) is 23.7. The zero-order valence-electron chi connectivity index (χ0n) is 21.7. The van der Waals surface area contributed by atoms with E-state index in [-0.39, 0.29) is 40.6 Å². The van der Waals surface area contributed by atoms with E-state index in [0.717, 1.165) is 5.56 Å². The van der Waals surface area contributed by atoms with Gasteiger partial charge in [0.05, 0.1) is 17.2 Å². The van der Waals surface area contributed by atoms with E-state index in [1.54, 1.807) is 41.3 Å². The van der Waals surface area contributed by atoms with Crippen LogP contribution in [0.1, 0.15) is 35.3 Å². The van der Waals surface area contributed by atoms with E-state index in [2.05, 4.69) is 21.4 Å². The minimum absolute atomic E-state index is 0.0363. The molecule has 1 heterocycles. The molecule has 5 N–H and O–H groups in total. The first kappa shape index (κ1) is 26.8. The van der Waals surface area contributed by atoms with Gasteiger partial charge in [0, 0.05) is 31.4 Å². The smallest absolute Gasteiger partial charge is 0.327 e. The van der Waals surface area contributed by atoms with E-state index in [1.165, 1.54) is 6.07 Å². The largest absolute Gasteiger partial charge is 0.437 e. The van der Waals surface area contributed by atoms with Gasteiger partial charge in [-0.1, -0.05) is 36.4 Å². The first-order valence-corrected chi connectivity index (χ1v) is 12.4. The van der Waals surface area contributed by atoms with Crippen molar-refractivity contribution in [2.24, 2.45) is 0 Å². The Labute approximate surface area is 226 Å². The number of hydrogen-bond acceptors (Lipinski definition) is 9. The Hall–Kier alpha value is -5.30. The van der Waals surface area contributed by atoms with Gasteiger partial charge >= 0.3 is 6.01 Å². The average molecular weight is 524 g/mol. The second-order valence-corrected chi connectivity index (χ2v) is 8.49. The Morgan fingerprint density at radius 3 is 2.44 bits per heavy atom. The number of anilines is 3. The zero-order chi connectivity index (χ0) is 27.8. The van der Waals surface area contributed by atoms with Crippen LogP contribution in [-0.2, 0) is 6.54 Å². The molecular formula is C29H29N7O3. The summed E-state index contributed by atoms with van der Waals surface area (Å²) in [6.07, 6.45) is 0. The summed E-state index contributed by atoms with van der Waals surface area (Å²) in [7, 11) is 0. The van der Waals surface area contributed by atoms with E-state index in [9.17, 15) is 10.1 Å². The highest BCUT2D eigenvalue weighted by Crippen LogP contribution is 2.35. The van der Waals surface area contributed by atoms with Crippen molar-refractivity contribution in [3.63, 3.8) is 0 Å².